The van der Waals surface area contributed by atoms with Crippen LogP contribution in [0, 0.1) is 17.3 Å². The Labute approximate surface area is 106 Å². The molecule has 2 saturated carbocycles. The highest BCUT2D eigenvalue weighted by molar-refractivity contribution is 7.67. The zero-order valence-electron chi connectivity index (χ0n) is 10.8. The highest BCUT2D eigenvalue weighted by atomic mass is 31.1. The highest BCUT2D eigenvalue weighted by Crippen LogP contribution is 2.83. The fraction of sp³-hybridized carbons (Fsp3) is 0.625. The number of hydrogen-bond donors (Lipinski definition) is 0. The molecule has 17 heavy (non-hydrogen) atoms. The molecule has 2 aliphatic carbocycles. The molecule has 1 heterocycles. The second kappa shape index (κ2) is 3.35. The minimum absolute atomic E-state index is 0.144. The van der Waals surface area contributed by atoms with Crippen molar-refractivity contribution in [2.45, 2.75) is 44.4 Å². The monoisotopic (exact) mass is 244 g/mol. The van der Waals surface area contributed by atoms with Gasteiger partial charge in [0.1, 0.15) is 0 Å². The fourth-order valence-electron chi connectivity index (χ4n) is 4.79. The van der Waals surface area contributed by atoms with Crippen molar-refractivity contribution >= 4 is 13.2 Å². The van der Waals surface area contributed by atoms with Crippen molar-refractivity contribution in [3.05, 3.63) is 30.3 Å². The summed E-state index contributed by atoms with van der Waals surface area (Å²) in [6, 6.07) is 11.4. The van der Waals surface area contributed by atoms with Gasteiger partial charge in [-0.15, -0.1) is 0 Å². The van der Waals surface area contributed by atoms with Crippen LogP contribution in [0.1, 0.15) is 33.1 Å². The van der Waals surface area contributed by atoms with Gasteiger partial charge in [0.25, 0.3) is 0 Å². The summed E-state index contributed by atoms with van der Waals surface area (Å²) in [5, 5.41) is 1.69. The van der Waals surface area contributed by atoms with E-state index in [0.717, 1.165) is 28.6 Å². The molecule has 3 aliphatic rings. The van der Waals surface area contributed by atoms with Crippen molar-refractivity contribution in [3.8, 4) is 0 Å². The molecule has 1 aliphatic heterocycles. The molecular weight excluding hydrogens is 223 g/mol. The van der Waals surface area contributed by atoms with Crippen LogP contribution in [-0.4, -0.2) is 11.3 Å². The van der Waals surface area contributed by atoms with E-state index >= 15 is 0 Å². The van der Waals surface area contributed by atoms with E-state index in [9.17, 15) is 0 Å². The van der Waals surface area contributed by atoms with E-state index < -0.39 is 0 Å². The zero-order valence-corrected chi connectivity index (χ0v) is 11.7. The normalized spacial score (nSPS) is 51.1. The molecule has 90 valence electrons. The molecule has 1 spiro atoms. The number of rotatable bonds is 1. The first-order chi connectivity index (χ1) is 8.24. The Bertz CT molecular complexity index is 434. The van der Waals surface area contributed by atoms with Crippen molar-refractivity contribution in [1.82, 2.24) is 0 Å². The van der Waals surface area contributed by atoms with Crippen LogP contribution in [0.3, 0.4) is 0 Å². The summed E-state index contributed by atoms with van der Waals surface area (Å²) < 4.78 is 0. The van der Waals surface area contributed by atoms with Crippen LogP contribution < -0.4 is 5.30 Å². The molecule has 2 bridgehead atoms. The largest absolute Gasteiger partial charge is 0.0678 e. The fourth-order valence-corrected chi connectivity index (χ4v) is 9.37. The second-order valence-corrected chi connectivity index (χ2v) is 9.05. The Morgan fingerprint density at radius 3 is 2.71 bits per heavy atom. The summed E-state index contributed by atoms with van der Waals surface area (Å²) in [6.45, 7) is 5.03. The number of benzene rings is 1. The smallest absolute Gasteiger partial charge is 0.00755 e. The van der Waals surface area contributed by atoms with E-state index in [1.54, 1.807) is 11.7 Å². The third-order valence-corrected chi connectivity index (χ3v) is 9.74. The molecule has 4 rings (SSSR count). The maximum absolute atomic E-state index is 2.52. The quantitative estimate of drug-likeness (QED) is 0.655. The van der Waals surface area contributed by atoms with Crippen LogP contribution in [-0.2, 0) is 0 Å². The van der Waals surface area contributed by atoms with Crippen LogP contribution in [0.5, 0.6) is 0 Å². The van der Waals surface area contributed by atoms with Crippen molar-refractivity contribution < 1.29 is 0 Å². The molecule has 0 nitrogen and oxygen atoms in total. The van der Waals surface area contributed by atoms with Gasteiger partial charge in [0.05, 0.1) is 0 Å². The Morgan fingerprint density at radius 1 is 1.18 bits per heavy atom. The van der Waals surface area contributed by atoms with E-state index in [4.69, 9.17) is 0 Å². The third kappa shape index (κ3) is 1.23. The molecular formula is C16H21P. The van der Waals surface area contributed by atoms with Gasteiger partial charge < -0.3 is 0 Å². The lowest BCUT2D eigenvalue weighted by Crippen LogP contribution is -2.26. The Hall–Kier alpha value is -0.350. The van der Waals surface area contributed by atoms with Crippen molar-refractivity contribution in [3.63, 3.8) is 0 Å². The Morgan fingerprint density at radius 2 is 1.94 bits per heavy atom. The van der Waals surface area contributed by atoms with Crippen molar-refractivity contribution in [1.29, 1.82) is 0 Å². The van der Waals surface area contributed by atoms with E-state index in [0.29, 0.717) is 0 Å². The van der Waals surface area contributed by atoms with Crippen LogP contribution in [0.15, 0.2) is 30.3 Å². The molecule has 1 saturated heterocycles. The first-order valence-electron chi connectivity index (χ1n) is 7.07. The molecule has 0 radical (unpaired) electrons. The van der Waals surface area contributed by atoms with Crippen LogP contribution in [0.4, 0.5) is 0 Å². The average molecular weight is 244 g/mol. The molecule has 1 heteroatoms. The Balaban J connectivity index is 1.76. The summed E-state index contributed by atoms with van der Waals surface area (Å²) in [7, 11) is 0.144. The van der Waals surface area contributed by atoms with Gasteiger partial charge in [-0.05, 0) is 53.1 Å². The molecule has 0 aromatic heterocycles. The Kier molecular flexibility index (Phi) is 2.08. The third-order valence-electron chi connectivity index (χ3n) is 5.88. The average Bonchev–Trinajstić information content (AvgIpc) is 2.80. The van der Waals surface area contributed by atoms with Crippen molar-refractivity contribution in [2.24, 2.45) is 17.3 Å². The van der Waals surface area contributed by atoms with E-state index in [-0.39, 0.29) is 7.92 Å². The van der Waals surface area contributed by atoms with Gasteiger partial charge in [0, 0.05) is 0 Å². The molecule has 1 aromatic rings. The first kappa shape index (κ1) is 10.6. The van der Waals surface area contributed by atoms with Gasteiger partial charge in [-0.1, -0.05) is 52.1 Å². The molecule has 6 unspecified atom stereocenters. The van der Waals surface area contributed by atoms with Crippen LogP contribution in [0.25, 0.3) is 0 Å². The van der Waals surface area contributed by atoms with Gasteiger partial charge in [0.2, 0.25) is 0 Å². The molecule has 6 atom stereocenters. The molecule has 0 N–H and O–H groups in total. The number of hydrogen-bond acceptors (Lipinski definition) is 0. The summed E-state index contributed by atoms with van der Waals surface area (Å²) in [5.74, 6) is 2.00. The molecule has 1 aromatic carbocycles. The predicted octanol–water partition coefficient (Wildman–Crippen LogP) is 4.00. The molecule has 3 fully saturated rings. The minimum Gasteiger partial charge on any atom is -0.0678 e. The summed E-state index contributed by atoms with van der Waals surface area (Å²) in [6.07, 6.45) is 4.58. The van der Waals surface area contributed by atoms with E-state index in [1.165, 1.54) is 12.8 Å². The first-order valence-corrected chi connectivity index (χ1v) is 8.55. The van der Waals surface area contributed by atoms with Gasteiger partial charge in [-0.25, -0.2) is 0 Å². The van der Waals surface area contributed by atoms with E-state index in [2.05, 4.69) is 44.2 Å². The van der Waals surface area contributed by atoms with Gasteiger partial charge >= 0.3 is 0 Å². The summed E-state index contributed by atoms with van der Waals surface area (Å²) in [4.78, 5) is 0. The lowest BCUT2D eigenvalue weighted by atomic mass is 9.79. The molecule has 0 amide bonds. The van der Waals surface area contributed by atoms with Crippen LogP contribution in [0.2, 0.25) is 0 Å². The second-order valence-electron chi connectivity index (χ2n) is 6.50. The maximum atomic E-state index is 2.52. The van der Waals surface area contributed by atoms with Gasteiger partial charge in [-0.2, -0.15) is 0 Å². The standard InChI is InChI=1S/C16H21P/c1-11-8-9-16-10-14(11)17(15(16)12(16)2)13-6-4-3-5-7-13/h3-7,11-12,14-15H,8-10H2,1-2H3. The maximum Gasteiger partial charge on any atom is -0.00755 e. The lowest BCUT2D eigenvalue weighted by molar-refractivity contribution is 0.275. The van der Waals surface area contributed by atoms with Crippen molar-refractivity contribution in [2.75, 3.05) is 0 Å². The minimum atomic E-state index is 0.144. The predicted molar refractivity (Wildman–Crippen MR) is 75.2 cm³/mol. The van der Waals surface area contributed by atoms with Gasteiger partial charge in [-0.3, -0.25) is 0 Å². The SMILES string of the molecule is CC1CCC23CC1P(c1ccccc1)C2C3C. The highest BCUT2D eigenvalue weighted by Gasteiger charge is 2.72. The summed E-state index contributed by atoms with van der Waals surface area (Å²) in [5.41, 5.74) is 2.93. The topological polar surface area (TPSA) is 0 Å². The van der Waals surface area contributed by atoms with Gasteiger partial charge in [0.15, 0.2) is 0 Å². The van der Waals surface area contributed by atoms with Crippen LogP contribution >= 0.6 is 7.92 Å². The zero-order chi connectivity index (χ0) is 11.6. The number of fused-ring (bicyclic) bond motifs is 1. The summed E-state index contributed by atoms with van der Waals surface area (Å²) >= 11 is 0. The lowest BCUT2D eigenvalue weighted by Gasteiger charge is -2.34. The van der Waals surface area contributed by atoms with E-state index in [1.807, 2.05) is 0 Å².